The van der Waals surface area contributed by atoms with E-state index in [1.165, 1.54) is 43.7 Å². The molecule has 6 aromatic rings. The highest BCUT2D eigenvalue weighted by molar-refractivity contribution is 5.84. The quantitative estimate of drug-likeness (QED) is 0.157. The molecule has 0 atom stereocenters. The molecule has 0 aliphatic rings. The van der Waals surface area contributed by atoms with Crippen LogP contribution < -0.4 is 21.5 Å². The molecule has 0 saturated heterocycles. The monoisotopic (exact) mass is 610 g/mol. The Bertz CT molecular complexity index is 1630. The Morgan fingerprint density at radius 2 is 1.20 bits per heavy atom. The summed E-state index contributed by atoms with van der Waals surface area (Å²) in [5.41, 5.74) is 4.93. The van der Waals surface area contributed by atoms with E-state index in [9.17, 15) is 0 Å². The van der Waals surface area contributed by atoms with Crippen LogP contribution in [0.25, 0.3) is 32.6 Å². The second-order valence-electron chi connectivity index (χ2n) is 10.1. The molecule has 5 nitrogen and oxygen atoms in total. The van der Waals surface area contributed by atoms with E-state index in [1.807, 2.05) is 0 Å². The second kappa shape index (κ2) is 13.9. The predicted octanol–water partition coefficient (Wildman–Crippen LogP) is 3.52. The van der Waals surface area contributed by atoms with Crippen LogP contribution in [0.4, 0.5) is 0 Å². The lowest BCUT2D eigenvalue weighted by atomic mass is 10.1. The minimum atomic E-state index is 0. The molecule has 41 heavy (non-hydrogen) atoms. The summed E-state index contributed by atoms with van der Waals surface area (Å²) in [6.07, 6.45) is 0. The SMILES string of the molecule is COCCOCCOCc1n(Cc2ccc3ccccc3c2)c2ccccc2[n+]1Cc1ccc2ccccc2c1.[Br-]. The summed E-state index contributed by atoms with van der Waals surface area (Å²) in [7, 11) is 1.68. The van der Waals surface area contributed by atoms with Gasteiger partial charge in [0.05, 0.1) is 26.4 Å². The van der Waals surface area contributed by atoms with Crippen molar-refractivity contribution >= 4 is 32.6 Å². The van der Waals surface area contributed by atoms with E-state index in [0.717, 1.165) is 18.9 Å². The van der Waals surface area contributed by atoms with Crippen LogP contribution in [0, 0.1) is 0 Å². The van der Waals surface area contributed by atoms with Gasteiger partial charge in [0.25, 0.3) is 5.82 Å². The number of methoxy groups -OCH3 is 1. The van der Waals surface area contributed by atoms with Crippen LogP contribution in [0.15, 0.2) is 109 Å². The smallest absolute Gasteiger partial charge is 0.284 e. The molecule has 1 aromatic heterocycles. The second-order valence-corrected chi connectivity index (χ2v) is 10.1. The molecule has 5 aromatic carbocycles. The van der Waals surface area contributed by atoms with Crippen molar-refractivity contribution < 1.29 is 35.8 Å². The number of benzene rings is 5. The first-order valence-electron chi connectivity index (χ1n) is 13.9. The van der Waals surface area contributed by atoms with E-state index in [0.29, 0.717) is 33.0 Å². The van der Waals surface area contributed by atoms with E-state index >= 15 is 0 Å². The zero-order valence-electron chi connectivity index (χ0n) is 23.3. The van der Waals surface area contributed by atoms with E-state index in [-0.39, 0.29) is 17.0 Å². The van der Waals surface area contributed by atoms with Crippen LogP contribution in [-0.2, 0) is 33.9 Å². The molecule has 0 N–H and O–H groups in total. The number of hydrogen-bond acceptors (Lipinski definition) is 3. The first kappa shape index (κ1) is 29.0. The first-order chi connectivity index (χ1) is 19.8. The normalized spacial score (nSPS) is 11.3. The summed E-state index contributed by atoms with van der Waals surface area (Å²) in [4.78, 5) is 0. The molecular formula is C35H35BrN2O3. The van der Waals surface area contributed by atoms with Crippen LogP contribution >= 0.6 is 0 Å². The summed E-state index contributed by atoms with van der Waals surface area (Å²) in [6, 6.07) is 39.2. The number of para-hydroxylation sites is 2. The van der Waals surface area contributed by atoms with Gasteiger partial charge < -0.3 is 31.2 Å². The standard InChI is InChI=1S/C35H35N2O3.BrH/c1-38-18-19-39-20-21-40-26-35-36(24-27-14-16-29-8-2-4-10-31(29)22-27)33-12-6-7-13-34(33)37(35)25-28-15-17-30-9-3-5-11-32(30)23-28;/h2-17,22-23H,18-21,24-26H2,1H3;1H/q+1;/p-1. The molecule has 6 rings (SSSR count). The maximum atomic E-state index is 6.22. The molecule has 6 heteroatoms. The lowest BCUT2D eigenvalue weighted by Crippen LogP contribution is -3.00. The first-order valence-corrected chi connectivity index (χ1v) is 13.9. The number of aromatic nitrogens is 2. The molecular weight excluding hydrogens is 576 g/mol. The van der Waals surface area contributed by atoms with Gasteiger partial charge in [-0.1, -0.05) is 84.9 Å². The van der Waals surface area contributed by atoms with E-state index in [4.69, 9.17) is 14.2 Å². The molecule has 210 valence electrons. The van der Waals surface area contributed by atoms with Gasteiger partial charge in [0, 0.05) is 7.11 Å². The Labute approximate surface area is 251 Å². The summed E-state index contributed by atoms with van der Waals surface area (Å²) in [5.74, 6) is 1.14. The summed E-state index contributed by atoms with van der Waals surface area (Å²) in [5, 5.41) is 5.03. The largest absolute Gasteiger partial charge is 1.00 e. The fourth-order valence-corrected chi connectivity index (χ4v) is 5.42. The Kier molecular flexibility index (Phi) is 9.80. The maximum absolute atomic E-state index is 6.22. The fourth-order valence-electron chi connectivity index (χ4n) is 5.42. The van der Waals surface area contributed by atoms with E-state index in [1.54, 1.807) is 7.11 Å². The van der Waals surface area contributed by atoms with Crippen LogP contribution in [0.5, 0.6) is 0 Å². The van der Waals surface area contributed by atoms with Gasteiger partial charge in [-0.3, -0.25) is 0 Å². The number of nitrogens with zero attached hydrogens (tertiary/aromatic N) is 2. The Morgan fingerprint density at radius 1 is 0.610 bits per heavy atom. The topological polar surface area (TPSA) is 36.5 Å². The van der Waals surface area contributed by atoms with Gasteiger partial charge in [-0.25, -0.2) is 9.13 Å². The zero-order valence-corrected chi connectivity index (χ0v) is 24.9. The van der Waals surface area contributed by atoms with E-state index in [2.05, 4.69) is 118 Å². The number of fused-ring (bicyclic) bond motifs is 3. The molecule has 0 amide bonds. The predicted molar refractivity (Wildman–Crippen MR) is 161 cm³/mol. The number of imidazole rings is 1. The third-order valence-corrected chi connectivity index (χ3v) is 7.43. The van der Waals surface area contributed by atoms with Crippen molar-refractivity contribution in [3.8, 4) is 0 Å². The fraction of sp³-hybridized carbons (Fsp3) is 0.229. The summed E-state index contributed by atoms with van der Waals surface area (Å²) in [6.45, 7) is 4.24. The van der Waals surface area contributed by atoms with Crippen molar-refractivity contribution in [2.45, 2.75) is 19.7 Å². The van der Waals surface area contributed by atoms with Crippen molar-refractivity contribution in [2.24, 2.45) is 0 Å². The van der Waals surface area contributed by atoms with Crippen molar-refractivity contribution in [1.29, 1.82) is 0 Å². The Morgan fingerprint density at radius 3 is 1.93 bits per heavy atom. The lowest BCUT2D eigenvalue weighted by Gasteiger charge is -2.09. The Balaban J connectivity index is 0.00000337. The lowest BCUT2D eigenvalue weighted by molar-refractivity contribution is -0.673. The number of rotatable bonds is 12. The molecule has 0 radical (unpaired) electrons. The minimum Gasteiger partial charge on any atom is -1.00 e. The van der Waals surface area contributed by atoms with Crippen LogP contribution in [-0.4, -0.2) is 38.1 Å². The van der Waals surface area contributed by atoms with Crippen molar-refractivity contribution in [1.82, 2.24) is 4.57 Å². The van der Waals surface area contributed by atoms with Gasteiger partial charge in [0.15, 0.2) is 11.0 Å². The zero-order chi connectivity index (χ0) is 27.1. The molecule has 0 aliphatic heterocycles. The Hall–Kier alpha value is -3.55. The highest BCUT2D eigenvalue weighted by atomic mass is 79.9. The van der Waals surface area contributed by atoms with Crippen molar-refractivity contribution in [3.63, 3.8) is 0 Å². The van der Waals surface area contributed by atoms with Crippen LogP contribution in [0.3, 0.4) is 0 Å². The highest BCUT2D eigenvalue weighted by Gasteiger charge is 2.25. The van der Waals surface area contributed by atoms with Crippen LogP contribution in [0.1, 0.15) is 17.0 Å². The average molecular weight is 612 g/mol. The third kappa shape index (κ3) is 6.68. The van der Waals surface area contributed by atoms with Gasteiger partial charge in [0.1, 0.15) is 19.7 Å². The van der Waals surface area contributed by atoms with Crippen molar-refractivity contribution in [2.75, 3.05) is 33.5 Å². The van der Waals surface area contributed by atoms with Gasteiger partial charge in [-0.15, -0.1) is 0 Å². The highest BCUT2D eigenvalue weighted by Crippen LogP contribution is 2.22. The van der Waals surface area contributed by atoms with Gasteiger partial charge in [-0.05, 0) is 56.9 Å². The number of ether oxygens (including phenoxy) is 3. The number of hydrogen-bond donors (Lipinski definition) is 0. The summed E-state index contributed by atoms with van der Waals surface area (Å²) >= 11 is 0. The molecule has 0 spiro atoms. The maximum Gasteiger partial charge on any atom is 0.284 e. The number of halogens is 1. The minimum absolute atomic E-state index is 0. The van der Waals surface area contributed by atoms with Gasteiger partial charge in [-0.2, -0.15) is 0 Å². The van der Waals surface area contributed by atoms with Crippen LogP contribution in [0.2, 0.25) is 0 Å². The van der Waals surface area contributed by atoms with E-state index < -0.39 is 0 Å². The van der Waals surface area contributed by atoms with Gasteiger partial charge in [0.2, 0.25) is 0 Å². The molecule has 0 unspecified atom stereocenters. The van der Waals surface area contributed by atoms with Crippen molar-refractivity contribution in [3.05, 3.63) is 126 Å². The average Bonchev–Trinajstić information content (AvgIpc) is 3.28. The van der Waals surface area contributed by atoms with Gasteiger partial charge >= 0.3 is 0 Å². The molecule has 0 bridgehead atoms. The molecule has 1 heterocycles. The summed E-state index contributed by atoms with van der Waals surface area (Å²) < 4.78 is 21.8. The molecule has 0 saturated carbocycles. The molecule has 0 fully saturated rings. The third-order valence-electron chi connectivity index (χ3n) is 7.43. The molecule has 0 aliphatic carbocycles.